The molecule has 0 unspecified atom stereocenters. The maximum Gasteiger partial charge on any atom is 0.407 e. The number of amides is 2. The van der Waals surface area contributed by atoms with Gasteiger partial charge in [0.05, 0.1) is 19.4 Å². The number of H-pyrrole nitrogens is 1. The Hall–Kier alpha value is -2.14. The maximum absolute atomic E-state index is 12.8. The molecule has 1 atom stereocenters. The highest BCUT2D eigenvalue weighted by Crippen LogP contribution is 2.26. The number of carbonyl (C=O) groups is 2. The third-order valence-corrected chi connectivity index (χ3v) is 4.98. The summed E-state index contributed by atoms with van der Waals surface area (Å²) in [5, 5.41) is 16.3. The molecule has 0 aliphatic carbocycles. The van der Waals surface area contributed by atoms with Crippen LogP contribution in [0.15, 0.2) is 0 Å². The fraction of sp³-hybridized carbons (Fsp3) is 0.688. The number of rotatable bonds is 6. The van der Waals surface area contributed by atoms with E-state index in [1.807, 2.05) is 0 Å². The Morgan fingerprint density at radius 3 is 2.63 bits per heavy atom. The van der Waals surface area contributed by atoms with Crippen molar-refractivity contribution in [2.75, 3.05) is 26.5 Å². The molecule has 152 valence electrons. The molecule has 0 aromatic carbocycles. The quantitative estimate of drug-likeness (QED) is 0.676. The Kier molecular flexibility index (Phi) is 5.85. The van der Waals surface area contributed by atoms with Crippen molar-refractivity contribution in [3.05, 3.63) is 17.0 Å². The first-order valence-electron chi connectivity index (χ1n) is 8.46. The standard InChI is InChI=1S/C16H26N4O6S/c1-10-6-12-11(7-20(10)15(22)23)13(18-17-12)14(21)19(4)8-16(2,3)9-26-27(5,24)25/h10H,6-9H2,1-5H3,(H,17,18)(H,22,23)/t10-/m1/s1. The van der Waals surface area contributed by atoms with Gasteiger partial charge in [0.25, 0.3) is 16.0 Å². The smallest absolute Gasteiger partial charge is 0.407 e. The average molecular weight is 402 g/mol. The molecule has 1 aliphatic rings. The Morgan fingerprint density at radius 1 is 1.44 bits per heavy atom. The van der Waals surface area contributed by atoms with Gasteiger partial charge in [-0.15, -0.1) is 0 Å². The SMILES string of the molecule is C[C@@H]1Cc2[nH]nc(C(=O)N(C)CC(C)(C)COS(C)(=O)=O)c2CN1C(=O)O. The lowest BCUT2D eigenvalue weighted by Gasteiger charge is -2.32. The second kappa shape index (κ2) is 7.47. The zero-order chi connectivity index (χ0) is 20.6. The number of nitrogens with one attached hydrogen (secondary N) is 1. The number of nitrogens with zero attached hydrogens (tertiary/aromatic N) is 3. The summed E-state index contributed by atoms with van der Waals surface area (Å²) in [6.45, 7) is 5.65. The summed E-state index contributed by atoms with van der Waals surface area (Å²) in [5.74, 6) is -0.361. The molecule has 1 aliphatic heterocycles. The lowest BCUT2D eigenvalue weighted by Crippen LogP contribution is -2.43. The number of fused-ring (bicyclic) bond motifs is 1. The van der Waals surface area contributed by atoms with Crippen LogP contribution in [0.25, 0.3) is 0 Å². The van der Waals surface area contributed by atoms with Crippen LogP contribution in [-0.2, 0) is 27.3 Å². The topological polar surface area (TPSA) is 133 Å². The van der Waals surface area contributed by atoms with E-state index >= 15 is 0 Å². The number of carboxylic acid groups (broad SMARTS) is 1. The fourth-order valence-electron chi connectivity index (χ4n) is 3.11. The van der Waals surface area contributed by atoms with Gasteiger partial charge in [-0.2, -0.15) is 13.5 Å². The van der Waals surface area contributed by atoms with Crippen LogP contribution in [0.4, 0.5) is 4.79 Å². The van der Waals surface area contributed by atoms with Crippen LogP contribution in [0.1, 0.15) is 42.5 Å². The van der Waals surface area contributed by atoms with Gasteiger partial charge in [0, 0.05) is 42.7 Å². The molecule has 0 bridgehead atoms. The van der Waals surface area contributed by atoms with Gasteiger partial charge in [-0.3, -0.25) is 14.1 Å². The minimum atomic E-state index is -3.57. The van der Waals surface area contributed by atoms with Crippen molar-refractivity contribution in [3.8, 4) is 0 Å². The Balaban J connectivity index is 2.13. The minimum absolute atomic E-state index is 0.0631. The lowest BCUT2D eigenvalue weighted by atomic mass is 9.94. The van der Waals surface area contributed by atoms with E-state index in [0.29, 0.717) is 12.0 Å². The number of aromatic nitrogens is 2. The molecule has 0 spiro atoms. The van der Waals surface area contributed by atoms with Crippen LogP contribution < -0.4 is 0 Å². The summed E-state index contributed by atoms with van der Waals surface area (Å²) >= 11 is 0. The molecule has 10 nitrogen and oxygen atoms in total. The van der Waals surface area contributed by atoms with E-state index < -0.39 is 21.6 Å². The van der Waals surface area contributed by atoms with Gasteiger partial charge >= 0.3 is 6.09 Å². The minimum Gasteiger partial charge on any atom is -0.465 e. The van der Waals surface area contributed by atoms with Crippen LogP contribution >= 0.6 is 0 Å². The van der Waals surface area contributed by atoms with Crippen molar-refractivity contribution in [1.29, 1.82) is 0 Å². The average Bonchev–Trinajstić information content (AvgIpc) is 2.92. The number of carbonyl (C=O) groups excluding carboxylic acids is 1. The Morgan fingerprint density at radius 2 is 2.07 bits per heavy atom. The van der Waals surface area contributed by atoms with E-state index in [0.717, 1.165) is 11.9 Å². The molecule has 2 N–H and O–H groups in total. The second-order valence-corrected chi connectivity index (χ2v) is 9.43. The maximum atomic E-state index is 12.8. The Labute approximate surface area is 158 Å². The van der Waals surface area contributed by atoms with Crippen molar-refractivity contribution < 1.29 is 27.3 Å². The van der Waals surface area contributed by atoms with Gasteiger partial charge in [-0.05, 0) is 6.92 Å². The van der Waals surface area contributed by atoms with Crippen molar-refractivity contribution in [1.82, 2.24) is 20.0 Å². The molecule has 2 heterocycles. The summed E-state index contributed by atoms with van der Waals surface area (Å²) in [5.41, 5.74) is 0.922. The van der Waals surface area contributed by atoms with Crippen LogP contribution in [0.3, 0.4) is 0 Å². The molecule has 1 aromatic heterocycles. The monoisotopic (exact) mass is 402 g/mol. The van der Waals surface area contributed by atoms with Gasteiger partial charge in [0.2, 0.25) is 0 Å². The number of hydrogen-bond acceptors (Lipinski definition) is 6. The second-order valence-electron chi connectivity index (χ2n) is 7.78. The molecule has 0 fully saturated rings. The summed E-state index contributed by atoms with van der Waals surface area (Å²) in [7, 11) is -1.98. The first kappa shape index (κ1) is 21.2. The molecule has 2 amide bonds. The molecular weight excluding hydrogens is 376 g/mol. The molecule has 2 rings (SSSR count). The Bertz CT molecular complexity index is 832. The van der Waals surface area contributed by atoms with Gasteiger partial charge in [-0.25, -0.2) is 4.79 Å². The zero-order valence-electron chi connectivity index (χ0n) is 16.1. The summed E-state index contributed by atoms with van der Waals surface area (Å²) in [6, 6.07) is -0.205. The summed E-state index contributed by atoms with van der Waals surface area (Å²) in [6.07, 6.45) is 0.391. The highest BCUT2D eigenvalue weighted by molar-refractivity contribution is 7.85. The third-order valence-electron chi connectivity index (χ3n) is 4.44. The molecule has 0 radical (unpaired) electrons. The van der Waals surface area contributed by atoms with E-state index in [4.69, 9.17) is 4.18 Å². The van der Waals surface area contributed by atoms with Gasteiger partial charge in [0.15, 0.2) is 5.69 Å². The van der Waals surface area contributed by atoms with E-state index in [9.17, 15) is 23.1 Å². The van der Waals surface area contributed by atoms with Crippen molar-refractivity contribution in [3.63, 3.8) is 0 Å². The summed E-state index contributed by atoms with van der Waals surface area (Å²) in [4.78, 5) is 26.9. The molecule has 11 heteroatoms. The van der Waals surface area contributed by atoms with Crippen LogP contribution in [0.2, 0.25) is 0 Å². The molecular formula is C16H26N4O6S. The third kappa shape index (κ3) is 5.19. The van der Waals surface area contributed by atoms with Gasteiger partial charge < -0.3 is 14.9 Å². The number of hydrogen-bond donors (Lipinski definition) is 2. The first-order valence-corrected chi connectivity index (χ1v) is 10.3. The zero-order valence-corrected chi connectivity index (χ0v) is 17.0. The fourth-order valence-corrected chi connectivity index (χ4v) is 3.65. The highest BCUT2D eigenvalue weighted by atomic mass is 32.2. The lowest BCUT2D eigenvalue weighted by molar-refractivity contribution is 0.0679. The predicted octanol–water partition coefficient (Wildman–Crippen LogP) is 0.909. The highest BCUT2D eigenvalue weighted by Gasteiger charge is 2.34. The van der Waals surface area contributed by atoms with E-state index in [-0.39, 0.29) is 37.3 Å². The van der Waals surface area contributed by atoms with Gasteiger partial charge in [-0.1, -0.05) is 13.8 Å². The van der Waals surface area contributed by atoms with Crippen LogP contribution in [0, 0.1) is 5.41 Å². The van der Waals surface area contributed by atoms with Crippen molar-refractivity contribution in [2.24, 2.45) is 5.41 Å². The molecule has 1 aromatic rings. The normalized spacial score (nSPS) is 17.5. The molecule has 27 heavy (non-hydrogen) atoms. The molecule has 0 saturated heterocycles. The van der Waals surface area contributed by atoms with Crippen LogP contribution in [-0.4, -0.2) is 78.0 Å². The number of aromatic amines is 1. The van der Waals surface area contributed by atoms with Crippen molar-refractivity contribution >= 4 is 22.1 Å². The summed E-state index contributed by atoms with van der Waals surface area (Å²) < 4.78 is 27.2. The van der Waals surface area contributed by atoms with E-state index in [1.165, 1.54) is 9.80 Å². The molecule has 0 saturated carbocycles. The predicted molar refractivity (Wildman–Crippen MR) is 96.9 cm³/mol. The largest absolute Gasteiger partial charge is 0.465 e. The first-order chi connectivity index (χ1) is 12.3. The van der Waals surface area contributed by atoms with Gasteiger partial charge in [0.1, 0.15) is 0 Å². The van der Waals surface area contributed by atoms with Crippen LogP contribution in [0.5, 0.6) is 0 Å². The van der Waals surface area contributed by atoms with Crippen molar-refractivity contribution in [2.45, 2.75) is 39.8 Å². The van der Waals surface area contributed by atoms with E-state index in [2.05, 4.69) is 10.2 Å². The van der Waals surface area contributed by atoms with E-state index in [1.54, 1.807) is 27.8 Å².